The van der Waals surface area contributed by atoms with Crippen LogP contribution in [0.15, 0.2) is 35.0 Å². The third-order valence-electron chi connectivity index (χ3n) is 6.97. The summed E-state index contributed by atoms with van der Waals surface area (Å²) in [6.07, 6.45) is 1.88. The highest BCUT2D eigenvalue weighted by Gasteiger charge is 2.36. The average Bonchev–Trinajstić information content (AvgIpc) is 3.44. The minimum Gasteiger partial charge on any atom is -0.393 e. The Kier molecular flexibility index (Phi) is 7.15. The lowest BCUT2D eigenvalue weighted by Crippen LogP contribution is -2.51. The maximum atomic E-state index is 13.7. The molecule has 2 amide bonds. The number of hydrogen-bond donors (Lipinski definition) is 3. The van der Waals surface area contributed by atoms with E-state index in [0.717, 1.165) is 5.56 Å². The molecule has 1 fully saturated rings. The molecule has 3 aromatic rings. The van der Waals surface area contributed by atoms with Gasteiger partial charge in [0.2, 0.25) is 0 Å². The molecule has 0 atom stereocenters. The molecule has 0 radical (unpaired) electrons. The van der Waals surface area contributed by atoms with Gasteiger partial charge in [-0.25, -0.2) is 4.39 Å². The molecule has 7 nitrogen and oxygen atoms in total. The third kappa shape index (κ3) is 4.99. The summed E-state index contributed by atoms with van der Waals surface area (Å²) in [7, 11) is 1.66. The molecule has 2 aromatic heterocycles. The second-order valence-electron chi connectivity index (χ2n) is 9.76. The van der Waals surface area contributed by atoms with Gasteiger partial charge >= 0.3 is 0 Å². The van der Waals surface area contributed by atoms with E-state index in [1.165, 1.54) is 29.5 Å². The van der Waals surface area contributed by atoms with Crippen LogP contribution in [-0.4, -0.2) is 38.9 Å². The lowest BCUT2D eigenvalue weighted by atomic mass is 9.82. The molecule has 1 aliphatic carbocycles. The van der Waals surface area contributed by atoms with E-state index in [0.29, 0.717) is 48.2 Å². The number of amides is 2. The van der Waals surface area contributed by atoms with E-state index in [9.17, 15) is 23.9 Å². The predicted molar refractivity (Wildman–Crippen MR) is 138 cm³/mol. The highest BCUT2D eigenvalue weighted by molar-refractivity contribution is 7.08. The SMILES string of the molecule is Cc1cc(NC(=O)c2c(C)c(C(=O)C(=O)NC3(C)CCC(O)CC3)n(C)c2-c2ccsc2)ccc1F. The molecule has 0 saturated heterocycles. The minimum absolute atomic E-state index is 0.133. The maximum Gasteiger partial charge on any atom is 0.294 e. The van der Waals surface area contributed by atoms with Crippen LogP contribution < -0.4 is 10.6 Å². The number of anilines is 1. The van der Waals surface area contributed by atoms with Crippen molar-refractivity contribution in [3.8, 4) is 11.3 Å². The fraction of sp³-hybridized carbons (Fsp3) is 0.370. The lowest BCUT2D eigenvalue weighted by Gasteiger charge is -2.36. The number of rotatable bonds is 6. The first-order valence-corrected chi connectivity index (χ1v) is 12.8. The number of aliphatic hydroxyl groups is 1. The van der Waals surface area contributed by atoms with Crippen molar-refractivity contribution in [1.29, 1.82) is 0 Å². The van der Waals surface area contributed by atoms with E-state index in [1.54, 1.807) is 25.5 Å². The van der Waals surface area contributed by atoms with Crippen LogP contribution in [0.2, 0.25) is 0 Å². The first-order chi connectivity index (χ1) is 17.0. The van der Waals surface area contributed by atoms with Gasteiger partial charge < -0.3 is 20.3 Å². The zero-order valence-electron chi connectivity index (χ0n) is 20.8. The van der Waals surface area contributed by atoms with E-state index < -0.39 is 23.1 Å². The number of carbonyl (C=O) groups excluding carboxylic acids is 3. The van der Waals surface area contributed by atoms with E-state index in [1.807, 2.05) is 23.8 Å². The summed E-state index contributed by atoms with van der Waals surface area (Å²) in [5.74, 6) is -2.29. The highest BCUT2D eigenvalue weighted by atomic mass is 32.1. The van der Waals surface area contributed by atoms with Gasteiger partial charge in [-0.15, -0.1) is 0 Å². The average molecular weight is 512 g/mol. The Hall–Kier alpha value is -3.30. The van der Waals surface area contributed by atoms with Crippen LogP contribution in [0.3, 0.4) is 0 Å². The fourth-order valence-electron chi connectivity index (χ4n) is 4.88. The molecule has 2 heterocycles. The van der Waals surface area contributed by atoms with Gasteiger partial charge in [-0.2, -0.15) is 11.3 Å². The highest BCUT2D eigenvalue weighted by Crippen LogP contribution is 2.34. The van der Waals surface area contributed by atoms with Crippen molar-refractivity contribution in [3.63, 3.8) is 0 Å². The molecule has 3 N–H and O–H groups in total. The van der Waals surface area contributed by atoms with Crippen molar-refractivity contribution >= 4 is 34.6 Å². The Labute approximate surface area is 213 Å². The summed E-state index contributed by atoms with van der Waals surface area (Å²) in [4.78, 5) is 39.9. The molecule has 1 aromatic carbocycles. The Morgan fingerprint density at radius 2 is 1.86 bits per heavy atom. The second kappa shape index (κ2) is 9.99. The molecule has 190 valence electrons. The van der Waals surface area contributed by atoms with Crippen molar-refractivity contribution in [2.75, 3.05) is 5.32 Å². The molecular weight excluding hydrogens is 481 g/mol. The quantitative estimate of drug-likeness (QED) is 0.328. The number of ketones is 1. The number of aryl methyl sites for hydroxylation is 1. The van der Waals surface area contributed by atoms with Crippen LogP contribution >= 0.6 is 11.3 Å². The summed E-state index contributed by atoms with van der Waals surface area (Å²) < 4.78 is 15.3. The molecule has 1 aliphatic rings. The third-order valence-corrected chi connectivity index (χ3v) is 7.65. The van der Waals surface area contributed by atoms with Crippen molar-refractivity contribution in [1.82, 2.24) is 9.88 Å². The first kappa shape index (κ1) is 25.8. The monoisotopic (exact) mass is 511 g/mol. The number of nitrogens with one attached hydrogen (secondary N) is 2. The molecule has 0 aliphatic heterocycles. The molecule has 4 rings (SSSR count). The van der Waals surface area contributed by atoms with Crippen LogP contribution in [0.4, 0.5) is 10.1 Å². The zero-order valence-corrected chi connectivity index (χ0v) is 21.6. The van der Waals surface area contributed by atoms with Crippen molar-refractivity contribution in [2.24, 2.45) is 7.05 Å². The number of aromatic nitrogens is 1. The Bertz CT molecular complexity index is 1320. The zero-order chi connectivity index (χ0) is 26.2. The second-order valence-corrected chi connectivity index (χ2v) is 10.5. The number of carbonyl (C=O) groups is 3. The number of hydrogen-bond acceptors (Lipinski definition) is 5. The number of aliphatic hydroxyl groups excluding tert-OH is 1. The lowest BCUT2D eigenvalue weighted by molar-refractivity contribution is -0.119. The molecule has 0 bridgehead atoms. The van der Waals surface area contributed by atoms with E-state index in [4.69, 9.17) is 0 Å². The normalized spacial score (nSPS) is 19.7. The van der Waals surface area contributed by atoms with Gasteiger partial charge in [0.15, 0.2) is 0 Å². The van der Waals surface area contributed by atoms with E-state index in [2.05, 4.69) is 10.6 Å². The van der Waals surface area contributed by atoms with E-state index >= 15 is 0 Å². The van der Waals surface area contributed by atoms with Gasteiger partial charge in [0.25, 0.3) is 17.6 Å². The molecule has 0 spiro atoms. The molecule has 1 saturated carbocycles. The topological polar surface area (TPSA) is 100 Å². The van der Waals surface area contributed by atoms with Gasteiger partial charge in [-0.05, 0) is 87.2 Å². The van der Waals surface area contributed by atoms with Crippen LogP contribution in [-0.2, 0) is 11.8 Å². The summed E-state index contributed by atoms with van der Waals surface area (Å²) in [6.45, 7) is 5.14. The number of benzene rings is 1. The molecule has 9 heteroatoms. The van der Waals surface area contributed by atoms with Crippen LogP contribution in [0.5, 0.6) is 0 Å². The van der Waals surface area contributed by atoms with Crippen LogP contribution in [0.1, 0.15) is 64.6 Å². The van der Waals surface area contributed by atoms with Gasteiger partial charge in [0.05, 0.1) is 23.1 Å². The first-order valence-electron chi connectivity index (χ1n) is 11.8. The number of nitrogens with zero attached hydrogens (tertiary/aromatic N) is 1. The minimum atomic E-state index is -0.740. The van der Waals surface area contributed by atoms with Crippen molar-refractivity contribution in [2.45, 2.75) is 58.1 Å². The van der Waals surface area contributed by atoms with E-state index in [-0.39, 0.29) is 23.2 Å². The van der Waals surface area contributed by atoms with Gasteiger partial charge in [0, 0.05) is 29.2 Å². The summed E-state index contributed by atoms with van der Waals surface area (Å²) in [6, 6.07) is 6.15. The van der Waals surface area contributed by atoms with Gasteiger partial charge in [0.1, 0.15) is 5.82 Å². The summed E-state index contributed by atoms with van der Waals surface area (Å²) >= 11 is 1.45. The number of Topliss-reactive ketones (excluding diaryl/α,β-unsaturated/α-hetero) is 1. The predicted octanol–water partition coefficient (Wildman–Crippen LogP) is 4.75. The fourth-order valence-corrected chi connectivity index (χ4v) is 5.52. The van der Waals surface area contributed by atoms with Gasteiger partial charge in [-0.1, -0.05) is 0 Å². The van der Waals surface area contributed by atoms with Crippen LogP contribution in [0.25, 0.3) is 11.3 Å². The van der Waals surface area contributed by atoms with Gasteiger partial charge in [-0.3, -0.25) is 14.4 Å². The molecule has 0 unspecified atom stereocenters. The summed E-state index contributed by atoms with van der Waals surface area (Å²) in [5, 5.41) is 19.2. The smallest absolute Gasteiger partial charge is 0.294 e. The van der Waals surface area contributed by atoms with Crippen molar-refractivity contribution in [3.05, 3.63) is 63.2 Å². The maximum absolute atomic E-state index is 13.7. The van der Waals surface area contributed by atoms with Crippen LogP contribution in [0, 0.1) is 19.7 Å². The Morgan fingerprint density at radius 1 is 1.17 bits per heavy atom. The Morgan fingerprint density at radius 3 is 2.47 bits per heavy atom. The standard InChI is InChI=1S/C27H30FN3O4S/c1-15-13-18(5-6-20(15)28)29-25(34)21-16(2)22(31(4)23(21)17-9-12-36-14-17)24(33)26(35)30-27(3)10-7-19(32)8-11-27/h5-6,9,12-14,19,32H,7-8,10-11H2,1-4H3,(H,29,34)(H,30,35). The Balaban J connectivity index is 1.69. The summed E-state index contributed by atoms with van der Waals surface area (Å²) in [5.41, 5.74) is 2.31. The number of halogens is 1. The molecule has 36 heavy (non-hydrogen) atoms. The number of thiophene rings is 1. The largest absolute Gasteiger partial charge is 0.393 e. The molecular formula is C27H30FN3O4S. The van der Waals surface area contributed by atoms with Crippen molar-refractivity contribution < 1.29 is 23.9 Å².